The first kappa shape index (κ1) is 13.9. The maximum atomic E-state index is 11.9. The molecule has 2 aromatic rings. The fraction of sp³-hybridized carbons (Fsp3) is 0.583. The maximum Gasteiger partial charge on any atom is 0.351 e. The third kappa shape index (κ3) is 2.32. The van der Waals surface area contributed by atoms with Crippen LogP contribution in [-0.2, 0) is 6.54 Å². The van der Waals surface area contributed by atoms with E-state index in [1.165, 1.54) is 12.8 Å². The lowest BCUT2D eigenvalue weighted by atomic mass is 10.4. The highest BCUT2D eigenvalue weighted by molar-refractivity contribution is 5.85. The molecule has 2 N–H and O–H groups in total. The van der Waals surface area contributed by atoms with Crippen molar-refractivity contribution in [3.8, 4) is 0 Å². The predicted molar refractivity (Wildman–Crippen MR) is 77.2 cm³/mol. The first-order chi connectivity index (χ1) is 8.74. The number of rotatable bonds is 4. The molecule has 19 heavy (non-hydrogen) atoms. The molecule has 2 aromatic heterocycles. The van der Waals surface area contributed by atoms with Gasteiger partial charge in [-0.25, -0.2) is 9.78 Å². The van der Waals surface area contributed by atoms with E-state index in [2.05, 4.69) is 20.3 Å². The zero-order valence-corrected chi connectivity index (χ0v) is 11.9. The minimum atomic E-state index is -0.241. The van der Waals surface area contributed by atoms with Crippen LogP contribution >= 0.6 is 12.4 Å². The Bertz CT molecular complexity index is 643. The van der Waals surface area contributed by atoms with Gasteiger partial charge in [-0.1, -0.05) is 0 Å². The van der Waals surface area contributed by atoms with E-state index in [1.807, 2.05) is 13.8 Å². The van der Waals surface area contributed by atoms with Crippen LogP contribution in [-0.4, -0.2) is 26.1 Å². The van der Waals surface area contributed by atoms with Crippen molar-refractivity contribution in [3.63, 3.8) is 0 Å². The Labute approximate surface area is 117 Å². The first-order valence-electron chi connectivity index (χ1n) is 6.48. The number of aryl methyl sites for hydroxylation is 1. The number of nitrogens with zero attached hydrogens (tertiary/aromatic N) is 3. The van der Waals surface area contributed by atoms with Crippen LogP contribution in [0, 0.1) is 0 Å². The van der Waals surface area contributed by atoms with Gasteiger partial charge in [0, 0.05) is 19.0 Å². The Morgan fingerprint density at radius 2 is 2.11 bits per heavy atom. The van der Waals surface area contributed by atoms with E-state index >= 15 is 0 Å². The number of fused-ring (bicyclic) bond motifs is 1. The molecule has 3 rings (SSSR count). The number of aromatic nitrogens is 4. The standard InChI is InChI=1S/C12H17N5O.ClH/c1-3-13-10-8-11(17(4-2)12(18)16-10)15-9(14-8)7-5-6-7;/h7H,3-6H2,1-2H3,(H,14,15)(H,13,16,18);1H. The van der Waals surface area contributed by atoms with Crippen LogP contribution < -0.4 is 11.0 Å². The zero-order valence-electron chi connectivity index (χ0n) is 11.1. The number of nitrogens with one attached hydrogen (secondary N) is 2. The smallest absolute Gasteiger partial charge is 0.351 e. The van der Waals surface area contributed by atoms with Gasteiger partial charge in [0.15, 0.2) is 11.5 Å². The molecule has 0 aromatic carbocycles. The van der Waals surface area contributed by atoms with Gasteiger partial charge in [-0.05, 0) is 26.7 Å². The van der Waals surface area contributed by atoms with Crippen LogP contribution in [0.1, 0.15) is 38.4 Å². The van der Waals surface area contributed by atoms with Crippen molar-refractivity contribution in [1.82, 2.24) is 19.5 Å². The molecule has 1 aliphatic rings. The summed E-state index contributed by atoms with van der Waals surface area (Å²) in [5, 5.41) is 3.12. The van der Waals surface area contributed by atoms with Gasteiger partial charge in [0.2, 0.25) is 0 Å². The second kappa shape index (κ2) is 5.21. The molecule has 0 spiro atoms. The number of halogens is 1. The van der Waals surface area contributed by atoms with Gasteiger partial charge in [0.25, 0.3) is 0 Å². The lowest BCUT2D eigenvalue weighted by Gasteiger charge is -2.06. The third-order valence-electron chi connectivity index (χ3n) is 3.26. The van der Waals surface area contributed by atoms with Crippen LogP contribution in [0.3, 0.4) is 0 Å². The van der Waals surface area contributed by atoms with E-state index in [9.17, 15) is 4.79 Å². The van der Waals surface area contributed by atoms with Crippen LogP contribution in [0.25, 0.3) is 11.2 Å². The van der Waals surface area contributed by atoms with Crippen molar-refractivity contribution in [1.29, 1.82) is 0 Å². The van der Waals surface area contributed by atoms with Gasteiger partial charge in [-0.15, -0.1) is 12.4 Å². The quantitative estimate of drug-likeness (QED) is 0.898. The topological polar surface area (TPSA) is 75.6 Å². The summed E-state index contributed by atoms with van der Waals surface area (Å²) in [6.45, 7) is 5.23. The average Bonchev–Trinajstić information content (AvgIpc) is 3.10. The molecule has 2 heterocycles. The molecule has 1 saturated carbocycles. The number of hydrogen-bond acceptors (Lipinski definition) is 4. The number of H-pyrrole nitrogens is 1. The van der Waals surface area contributed by atoms with E-state index in [0.29, 0.717) is 18.3 Å². The summed E-state index contributed by atoms with van der Waals surface area (Å²) < 4.78 is 1.61. The highest BCUT2D eigenvalue weighted by Crippen LogP contribution is 2.39. The molecule has 0 radical (unpaired) electrons. The van der Waals surface area contributed by atoms with Crippen molar-refractivity contribution in [3.05, 3.63) is 16.3 Å². The molecule has 1 aliphatic carbocycles. The van der Waals surface area contributed by atoms with Gasteiger partial charge in [0.05, 0.1) is 0 Å². The summed E-state index contributed by atoms with van der Waals surface area (Å²) in [7, 11) is 0. The molecule has 6 nitrogen and oxygen atoms in total. The molecule has 0 amide bonds. The fourth-order valence-corrected chi connectivity index (χ4v) is 2.18. The SMILES string of the molecule is CCNc1nc(=O)n(CC)c2nc(C3CC3)[nH]c12.Cl. The molecule has 104 valence electrons. The lowest BCUT2D eigenvalue weighted by Crippen LogP contribution is -2.24. The minimum Gasteiger partial charge on any atom is -0.368 e. The second-order valence-electron chi connectivity index (χ2n) is 4.61. The van der Waals surface area contributed by atoms with Gasteiger partial charge < -0.3 is 10.3 Å². The van der Waals surface area contributed by atoms with Gasteiger partial charge in [-0.2, -0.15) is 4.98 Å². The highest BCUT2D eigenvalue weighted by Gasteiger charge is 2.28. The molecule has 0 aliphatic heterocycles. The van der Waals surface area contributed by atoms with Crippen molar-refractivity contribution < 1.29 is 0 Å². The van der Waals surface area contributed by atoms with Crippen molar-refractivity contribution in [2.24, 2.45) is 0 Å². The van der Waals surface area contributed by atoms with Gasteiger partial charge in [0.1, 0.15) is 11.3 Å². The Balaban J connectivity index is 0.00000133. The van der Waals surface area contributed by atoms with E-state index < -0.39 is 0 Å². The molecule has 0 atom stereocenters. The summed E-state index contributed by atoms with van der Waals surface area (Å²) >= 11 is 0. The van der Waals surface area contributed by atoms with Crippen LogP contribution in [0.5, 0.6) is 0 Å². The summed E-state index contributed by atoms with van der Waals surface area (Å²) in [4.78, 5) is 23.9. The highest BCUT2D eigenvalue weighted by atomic mass is 35.5. The van der Waals surface area contributed by atoms with E-state index in [-0.39, 0.29) is 18.1 Å². The summed E-state index contributed by atoms with van der Waals surface area (Å²) in [6.07, 6.45) is 2.36. The van der Waals surface area contributed by atoms with E-state index in [0.717, 1.165) is 23.5 Å². The van der Waals surface area contributed by atoms with Crippen molar-refractivity contribution >= 4 is 29.4 Å². The predicted octanol–water partition coefficient (Wildman–Crippen LogP) is 1.87. The average molecular weight is 284 g/mol. The van der Waals surface area contributed by atoms with E-state index in [1.54, 1.807) is 4.57 Å². The normalized spacial score (nSPS) is 14.4. The lowest BCUT2D eigenvalue weighted by molar-refractivity contribution is 0.723. The Morgan fingerprint density at radius 1 is 1.37 bits per heavy atom. The molecule has 0 unspecified atom stereocenters. The largest absolute Gasteiger partial charge is 0.368 e. The van der Waals surface area contributed by atoms with Gasteiger partial charge >= 0.3 is 5.69 Å². The molecule has 0 bridgehead atoms. The molecule has 1 fully saturated rings. The number of aromatic amines is 1. The summed E-state index contributed by atoms with van der Waals surface area (Å²) in [6, 6.07) is 0. The van der Waals surface area contributed by atoms with Gasteiger partial charge in [-0.3, -0.25) is 4.57 Å². The van der Waals surface area contributed by atoms with E-state index in [4.69, 9.17) is 0 Å². The Hall–Kier alpha value is -1.56. The summed E-state index contributed by atoms with van der Waals surface area (Å²) in [5.74, 6) is 2.13. The number of hydrogen-bond donors (Lipinski definition) is 2. The summed E-state index contributed by atoms with van der Waals surface area (Å²) in [5.41, 5.74) is 1.32. The number of imidazole rings is 1. The van der Waals surface area contributed by atoms with Crippen LogP contribution in [0.4, 0.5) is 5.82 Å². The maximum absolute atomic E-state index is 11.9. The molecular formula is C12H18ClN5O. The molecule has 7 heteroatoms. The van der Waals surface area contributed by atoms with Crippen LogP contribution in [0.15, 0.2) is 4.79 Å². The minimum absolute atomic E-state index is 0. The Kier molecular flexibility index (Phi) is 3.80. The Morgan fingerprint density at radius 3 is 2.68 bits per heavy atom. The van der Waals surface area contributed by atoms with Crippen LogP contribution in [0.2, 0.25) is 0 Å². The monoisotopic (exact) mass is 283 g/mol. The fourth-order valence-electron chi connectivity index (χ4n) is 2.18. The van der Waals surface area contributed by atoms with Crippen molar-refractivity contribution in [2.75, 3.05) is 11.9 Å². The molecule has 0 saturated heterocycles. The zero-order chi connectivity index (χ0) is 12.7. The second-order valence-corrected chi connectivity index (χ2v) is 4.61. The third-order valence-corrected chi connectivity index (χ3v) is 3.26. The molecular weight excluding hydrogens is 266 g/mol. The first-order valence-corrected chi connectivity index (χ1v) is 6.48. The number of anilines is 1. The van der Waals surface area contributed by atoms with Crippen molar-refractivity contribution in [2.45, 2.75) is 39.2 Å².